The number of aromatic nitrogens is 2. The highest BCUT2D eigenvalue weighted by Crippen LogP contribution is 2.13. The van der Waals surface area contributed by atoms with E-state index in [-0.39, 0.29) is 6.10 Å². The van der Waals surface area contributed by atoms with Crippen LogP contribution in [0.2, 0.25) is 0 Å². The summed E-state index contributed by atoms with van der Waals surface area (Å²) in [7, 11) is 0. The molecule has 4 heteroatoms. The number of pyridine rings is 2. The van der Waals surface area contributed by atoms with Crippen LogP contribution in [0.25, 0.3) is 0 Å². The molecule has 0 radical (unpaired) electrons. The van der Waals surface area contributed by atoms with Crippen molar-refractivity contribution in [3.63, 3.8) is 0 Å². The predicted molar refractivity (Wildman–Crippen MR) is 74.2 cm³/mol. The molecule has 3 nitrogen and oxygen atoms in total. The van der Waals surface area contributed by atoms with Crippen LogP contribution in [0, 0.1) is 0 Å². The van der Waals surface area contributed by atoms with Gasteiger partial charge < -0.3 is 5.11 Å². The third-order valence-electron chi connectivity index (χ3n) is 2.69. The molecule has 0 spiro atoms. The Labute approximate surface area is 115 Å². The molecule has 0 fully saturated rings. The zero-order chi connectivity index (χ0) is 12.8. The van der Waals surface area contributed by atoms with Crippen LogP contribution in [-0.4, -0.2) is 21.2 Å². The van der Waals surface area contributed by atoms with Crippen LogP contribution in [0.3, 0.4) is 0 Å². The summed E-state index contributed by atoms with van der Waals surface area (Å²) in [5.74, 6) is 0. The van der Waals surface area contributed by atoms with E-state index in [0.29, 0.717) is 12.8 Å². The summed E-state index contributed by atoms with van der Waals surface area (Å²) < 4.78 is 0.942. The van der Waals surface area contributed by atoms with Gasteiger partial charge >= 0.3 is 0 Å². The van der Waals surface area contributed by atoms with Crippen LogP contribution in [-0.2, 0) is 12.8 Å². The van der Waals surface area contributed by atoms with Gasteiger partial charge in [-0.1, -0.05) is 6.07 Å². The molecule has 0 saturated heterocycles. The molecule has 0 amide bonds. The van der Waals surface area contributed by atoms with Crippen molar-refractivity contribution in [1.82, 2.24) is 9.97 Å². The topological polar surface area (TPSA) is 46.0 Å². The highest BCUT2D eigenvalue weighted by molar-refractivity contribution is 9.10. The Morgan fingerprint density at radius 1 is 1.28 bits per heavy atom. The first kappa shape index (κ1) is 13.2. The molecule has 2 aromatic rings. The minimum Gasteiger partial charge on any atom is -0.393 e. The summed E-state index contributed by atoms with van der Waals surface area (Å²) in [6.45, 7) is 0. The van der Waals surface area contributed by atoms with Gasteiger partial charge in [-0.3, -0.25) is 9.97 Å². The maximum absolute atomic E-state index is 9.98. The van der Waals surface area contributed by atoms with Crippen molar-refractivity contribution in [2.24, 2.45) is 0 Å². The van der Waals surface area contributed by atoms with E-state index in [4.69, 9.17) is 0 Å². The maximum Gasteiger partial charge on any atom is 0.0584 e. The summed E-state index contributed by atoms with van der Waals surface area (Å²) in [5, 5.41) is 9.98. The second-order valence-electron chi connectivity index (χ2n) is 4.23. The fourth-order valence-corrected chi connectivity index (χ4v) is 2.21. The number of aliphatic hydroxyl groups excluding tert-OH is 1. The monoisotopic (exact) mass is 306 g/mol. The van der Waals surface area contributed by atoms with Gasteiger partial charge in [0.25, 0.3) is 0 Å². The number of aliphatic hydroxyl groups is 1. The Morgan fingerprint density at radius 3 is 2.89 bits per heavy atom. The average molecular weight is 307 g/mol. The van der Waals surface area contributed by atoms with Crippen LogP contribution in [0.1, 0.15) is 17.7 Å². The summed E-state index contributed by atoms with van der Waals surface area (Å²) in [6, 6.07) is 7.82. The lowest BCUT2D eigenvalue weighted by atomic mass is 10.0. The summed E-state index contributed by atoms with van der Waals surface area (Å²) in [6.07, 6.45) is 7.08. The molecule has 0 aliphatic carbocycles. The summed E-state index contributed by atoms with van der Waals surface area (Å²) in [4.78, 5) is 8.33. The van der Waals surface area contributed by atoms with Crippen molar-refractivity contribution < 1.29 is 5.11 Å². The van der Waals surface area contributed by atoms with E-state index < -0.39 is 0 Å². The van der Waals surface area contributed by atoms with Crippen LogP contribution in [0.5, 0.6) is 0 Å². The minimum absolute atomic E-state index is 0.358. The number of nitrogens with zero attached hydrogens (tertiary/aromatic N) is 2. The van der Waals surface area contributed by atoms with Gasteiger partial charge in [0, 0.05) is 28.8 Å². The molecule has 0 aliphatic heterocycles. The van der Waals surface area contributed by atoms with Gasteiger partial charge in [-0.15, -0.1) is 0 Å². The van der Waals surface area contributed by atoms with Gasteiger partial charge in [0.05, 0.1) is 6.10 Å². The lowest BCUT2D eigenvalue weighted by molar-refractivity contribution is 0.164. The number of hydrogen-bond acceptors (Lipinski definition) is 3. The third-order valence-corrected chi connectivity index (χ3v) is 3.13. The smallest absolute Gasteiger partial charge is 0.0584 e. The van der Waals surface area contributed by atoms with Crippen molar-refractivity contribution in [3.05, 3.63) is 58.6 Å². The highest BCUT2D eigenvalue weighted by atomic mass is 79.9. The van der Waals surface area contributed by atoms with Crippen molar-refractivity contribution in [2.45, 2.75) is 25.4 Å². The van der Waals surface area contributed by atoms with Crippen LogP contribution >= 0.6 is 15.9 Å². The predicted octanol–water partition coefficient (Wildman–Crippen LogP) is 2.78. The van der Waals surface area contributed by atoms with Gasteiger partial charge in [-0.25, -0.2) is 0 Å². The van der Waals surface area contributed by atoms with E-state index in [9.17, 15) is 5.11 Å². The molecule has 1 unspecified atom stereocenters. The number of rotatable bonds is 5. The average Bonchev–Trinajstić information content (AvgIpc) is 2.38. The molecule has 0 aliphatic rings. The molecular formula is C14H15BrN2O. The zero-order valence-electron chi connectivity index (χ0n) is 9.96. The quantitative estimate of drug-likeness (QED) is 0.924. The third kappa shape index (κ3) is 4.20. The fraction of sp³-hybridized carbons (Fsp3) is 0.286. The molecule has 18 heavy (non-hydrogen) atoms. The second-order valence-corrected chi connectivity index (χ2v) is 5.14. The first-order valence-electron chi connectivity index (χ1n) is 5.91. The molecule has 0 bridgehead atoms. The van der Waals surface area contributed by atoms with Crippen LogP contribution in [0.15, 0.2) is 47.3 Å². The molecule has 94 valence electrons. The van der Waals surface area contributed by atoms with E-state index in [1.807, 2.05) is 24.3 Å². The normalized spacial score (nSPS) is 12.3. The number of halogens is 1. The van der Waals surface area contributed by atoms with Crippen molar-refractivity contribution in [2.75, 3.05) is 0 Å². The number of hydrogen-bond donors (Lipinski definition) is 1. The lowest BCUT2D eigenvalue weighted by Crippen LogP contribution is -2.12. The molecule has 2 aromatic heterocycles. The number of aryl methyl sites for hydroxylation is 1. The van der Waals surface area contributed by atoms with E-state index in [1.54, 1.807) is 18.6 Å². The van der Waals surface area contributed by atoms with Crippen molar-refractivity contribution in [3.8, 4) is 0 Å². The Kier molecular flexibility index (Phi) is 4.84. The fourth-order valence-electron chi connectivity index (χ4n) is 1.80. The van der Waals surface area contributed by atoms with Crippen LogP contribution < -0.4 is 0 Å². The molecule has 1 N–H and O–H groups in total. The molecule has 1 atom stereocenters. The Balaban J connectivity index is 1.84. The van der Waals surface area contributed by atoms with Gasteiger partial charge in [-0.2, -0.15) is 0 Å². The van der Waals surface area contributed by atoms with E-state index in [0.717, 1.165) is 22.2 Å². The molecular weight excluding hydrogens is 292 g/mol. The first-order valence-corrected chi connectivity index (χ1v) is 6.71. The lowest BCUT2D eigenvalue weighted by Gasteiger charge is -2.10. The van der Waals surface area contributed by atoms with Crippen molar-refractivity contribution >= 4 is 15.9 Å². The van der Waals surface area contributed by atoms with Gasteiger partial charge in [0.2, 0.25) is 0 Å². The second kappa shape index (κ2) is 6.61. The molecule has 2 rings (SSSR count). The van der Waals surface area contributed by atoms with E-state index >= 15 is 0 Å². The van der Waals surface area contributed by atoms with E-state index in [2.05, 4.69) is 25.9 Å². The highest BCUT2D eigenvalue weighted by Gasteiger charge is 2.07. The molecule has 0 saturated carbocycles. The molecule has 2 heterocycles. The minimum atomic E-state index is -0.358. The summed E-state index contributed by atoms with van der Waals surface area (Å²) >= 11 is 3.37. The van der Waals surface area contributed by atoms with Gasteiger partial charge in [-0.05, 0) is 59.0 Å². The molecule has 0 aromatic carbocycles. The largest absolute Gasteiger partial charge is 0.393 e. The standard InChI is InChI=1S/C14H15BrN2O/c15-12-7-11(9-16-10-12)8-14(18)5-4-13-3-1-2-6-17-13/h1-3,6-7,9-10,14,18H,4-5,8H2. The first-order chi connectivity index (χ1) is 8.74. The SMILES string of the molecule is OC(CCc1ccccn1)Cc1cncc(Br)c1. The van der Waals surface area contributed by atoms with Crippen LogP contribution in [0.4, 0.5) is 0 Å². The van der Waals surface area contributed by atoms with Gasteiger partial charge in [0.1, 0.15) is 0 Å². The Bertz CT molecular complexity index is 490. The Morgan fingerprint density at radius 2 is 2.17 bits per heavy atom. The van der Waals surface area contributed by atoms with E-state index in [1.165, 1.54) is 0 Å². The zero-order valence-corrected chi connectivity index (χ0v) is 11.5. The summed E-state index contributed by atoms with van der Waals surface area (Å²) in [5.41, 5.74) is 2.06. The Hall–Kier alpha value is -1.26. The van der Waals surface area contributed by atoms with Gasteiger partial charge in [0.15, 0.2) is 0 Å². The maximum atomic E-state index is 9.98. The van der Waals surface area contributed by atoms with Crippen molar-refractivity contribution in [1.29, 1.82) is 0 Å².